The highest BCUT2D eigenvalue weighted by atomic mass is 16.5. The summed E-state index contributed by atoms with van der Waals surface area (Å²) in [5.41, 5.74) is 14.0. The van der Waals surface area contributed by atoms with Gasteiger partial charge in [-0.2, -0.15) is 0 Å². The molecule has 16 heteroatoms. The van der Waals surface area contributed by atoms with Crippen LogP contribution in [-0.2, 0) is 90.7 Å². The molecular formula is C104H162N8O8. The molecule has 666 valence electrons. The molecule has 120 heavy (non-hydrogen) atoms. The highest BCUT2D eigenvalue weighted by Gasteiger charge is 2.31. The van der Waals surface area contributed by atoms with E-state index in [-0.39, 0.29) is 0 Å². The van der Waals surface area contributed by atoms with Gasteiger partial charge in [0.05, 0.1) is 52.9 Å². The molecule has 9 rings (SSSR count). The number of hydrogen-bond donors (Lipinski definition) is 2. The van der Waals surface area contributed by atoms with Gasteiger partial charge < -0.3 is 47.9 Å². The summed E-state index contributed by atoms with van der Waals surface area (Å²) >= 11 is 0. The molecule has 0 saturated heterocycles. The Morgan fingerprint density at radius 2 is 0.317 bits per heavy atom. The second kappa shape index (κ2) is 59.7. The quantitative estimate of drug-likeness (QED) is 0.0343. The van der Waals surface area contributed by atoms with E-state index in [1.807, 2.05) is 0 Å². The Balaban J connectivity index is 1.37. The summed E-state index contributed by atoms with van der Waals surface area (Å²) in [5, 5.41) is 3.66. The molecule has 2 N–H and O–H groups in total. The molecule has 0 saturated carbocycles. The van der Waals surface area contributed by atoms with Crippen LogP contribution in [-0.4, -0.2) is 92.7 Å². The molecule has 2 aliphatic rings. The lowest BCUT2D eigenvalue weighted by molar-refractivity contribution is 0.115. The van der Waals surface area contributed by atoms with Crippen molar-refractivity contribution in [3.8, 4) is 45.6 Å². The van der Waals surface area contributed by atoms with E-state index in [1.165, 1.54) is 205 Å². The van der Waals surface area contributed by atoms with E-state index in [2.05, 4.69) is 114 Å². The molecule has 0 aliphatic carbocycles. The first-order valence-electron chi connectivity index (χ1n) is 49.4. The SMILES string of the molecule is CCCCCCCCOCc1ccc(COCCCCCCCC)c2c1-c1nc-2nc2[nH]c(nc3nc(nc4[nH]c(n1)c1c(COCCCCCCCC)ccc(COCCCCCCCC)c41)-c1c(COCCCCCCCC)ccc(COCCCCCCCC)c1-3)c1c(COCCCCCCCC)ccc(COCCCCCCCC)c21. The molecule has 2 aliphatic heterocycles. The topological polar surface area (TPSA) is 183 Å². The van der Waals surface area contributed by atoms with Gasteiger partial charge in [-0.1, -0.05) is 361 Å². The predicted molar refractivity (Wildman–Crippen MR) is 500 cm³/mol. The van der Waals surface area contributed by atoms with Gasteiger partial charge >= 0.3 is 0 Å². The van der Waals surface area contributed by atoms with E-state index in [1.54, 1.807) is 0 Å². The van der Waals surface area contributed by atoms with Crippen molar-refractivity contribution in [1.29, 1.82) is 0 Å². The molecule has 0 amide bonds. The number of rotatable bonds is 72. The van der Waals surface area contributed by atoms with Crippen LogP contribution in [0.2, 0.25) is 0 Å². The lowest BCUT2D eigenvalue weighted by Gasteiger charge is -2.14. The summed E-state index contributed by atoms with van der Waals surface area (Å²) in [5.74, 6) is 2.14. The first-order chi connectivity index (χ1) is 59.4. The van der Waals surface area contributed by atoms with Gasteiger partial charge in [-0.15, -0.1) is 0 Å². The second-order valence-electron chi connectivity index (χ2n) is 34.7. The molecule has 0 spiro atoms. The summed E-state index contributed by atoms with van der Waals surface area (Å²) < 4.78 is 54.8. The van der Waals surface area contributed by atoms with E-state index < -0.39 is 0 Å². The van der Waals surface area contributed by atoms with Crippen LogP contribution < -0.4 is 0 Å². The number of aromatic amines is 2. The normalized spacial score (nSPS) is 12.1. The predicted octanol–water partition coefficient (Wildman–Crippen LogP) is 29.9. The van der Waals surface area contributed by atoms with E-state index in [0.717, 1.165) is 191 Å². The number of benzene rings is 4. The van der Waals surface area contributed by atoms with Crippen LogP contribution in [0.4, 0.5) is 0 Å². The highest BCUT2D eigenvalue weighted by molar-refractivity contribution is 6.10. The summed E-state index contributed by atoms with van der Waals surface area (Å²) in [4.78, 5) is 43.6. The van der Waals surface area contributed by atoms with Gasteiger partial charge in [0.2, 0.25) is 0 Å². The molecule has 8 bridgehead atoms. The second-order valence-corrected chi connectivity index (χ2v) is 34.7. The van der Waals surface area contributed by atoms with E-state index >= 15 is 0 Å². The molecule has 0 fully saturated rings. The molecule has 16 nitrogen and oxygen atoms in total. The van der Waals surface area contributed by atoms with E-state index in [0.29, 0.717) is 152 Å². The molecule has 0 unspecified atom stereocenters. The minimum absolute atomic E-state index is 0.368. The Morgan fingerprint density at radius 1 is 0.175 bits per heavy atom. The maximum absolute atomic E-state index is 6.85. The minimum atomic E-state index is 0.368. The van der Waals surface area contributed by atoms with Gasteiger partial charge in [0.25, 0.3) is 0 Å². The number of hydrogen-bond acceptors (Lipinski definition) is 14. The van der Waals surface area contributed by atoms with Gasteiger partial charge in [0.1, 0.15) is 22.6 Å². The maximum Gasteiger partial charge on any atom is 0.165 e. The first kappa shape index (κ1) is 97.7. The standard InChI is InChI=1S/C104H162N8O8/c1-9-17-25-33-41-49-65-113-73-81-57-58-82(74-114-66-50-42-34-26-18-10-2)90-89(81)97-105-98(90)110-100-93-85(77-117-69-53-45-37-29-21-13-5)61-62-86(78-118-70-54-46-38-30-22-14-6)94(93)102(107-100)112-104-96-88(80-120-72-56-48-40-32-24-16-8)64-63-87(79-119-71-55-47-39-31-23-15-7)95(96)103(108-104)111-101-92-84(76-116-68-52-44-36-28-20-12-4)60-59-83(91(92)99(106-101)109-97)75-115-67-51-43-35-27-19-11-3/h57-64H,9-56,65-80H2,1-8H3,(H2,105,106,107,108,109,110,111,112). The average Bonchev–Trinajstić information content (AvgIpc) is 1.57. The van der Waals surface area contributed by atoms with Crippen LogP contribution in [0.25, 0.3) is 89.7 Å². The molecule has 3 aromatic heterocycles. The summed E-state index contributed by atoms with van der Waals surface area (Å²) in [6.45, 7) is 26.4. The minimum Gasteiger partial charge on any atom is -0.377 e. The third-order valence-corrected chi connectivity index (χ3v) is 24.3. The number of aromatic nitrogens is 8. The molecular weight excluding hydrogens is 1490 g/mol. The number of nitrogens with zero attached hydrogens (tertiary/aromatic N) is 6. The number of ether oxygens (including phenoxy) is 8. The summed E-state index contributed by atoms with van der Waals surface area (Å²) in [6.07, 6.45) is 56.5. The Kier molecular flexibility index (Phi) is 48.6. The van der Waals surface area contributed by atoms with E-state index in [9.17, 15) is 0 Å². The van der Waals surface area contributed by atoms with Crippen molar-refractivity contribution in [2.24, 2.45) is 0 Å². The van der Waals surface area contributed by atoms with Crippen molar-refractivity contribution in [3.63, 3.8) is 0 Å². The van der Waals surface area contributed by atoms with Crippen molar-refractivity contribution in [2.45, 2.75) is 416 Å². The maximum atomic E-state index is 6.85. The molecule has 5 heterocycles. The molecule has 4 aromatic carbocycles. The first-order valence-corrected chi connectivity index (χ1v) is 49.4. The number of nitrogens with one attached hydrogen (secondary N) is 2. The fraction of sp³-hybridized carbons (Fsp3) is 0.692. The van der Waals surface area contributed by atoms with Gasteiger partial charge in [-0.3, -0.25) is 0 Å². The van der Waals surface area contributed by atoms with Crippen LogP contribution in [0.5, 0.6) is 0 Å². The number of H-pyrrole nitrogens is 2. The summed E-state index contributed by atoms with van der Waals surface area (Å²) in [6, 6.07) is 17.9. The van der Waals surface area contributed by atoms with Gasteiger partial charge in [-0.25, -0.2) is 29.9 Å². The van der Waals surface area contributed by atoms with Crippen molar-refractivity contribution in [3.05, 3.63) is 93.0 Å². The summed E-state index contributed by atoms with van der Waals surface area (Å²) in [7, 11) is 0. The number of fused-ring (bicyclic) bond motifs is 20. The van der Waals surface area contributed by atoms with Gasteiger partial charge in [-0.05, 0) is 95.9 Å². The smallest absolute Gasteiger partial charge is 0.165 e. The Bertz CT molecular complexity index is 3640. The Hall–Kier alpha value is -6.08. The lowest BCUT2D eigenvalue weighted by atomic mass is 9.96. The van der Waals surface area contributed by atoms with Gasteiger partial charge in [0.15, 0.2) is 23.3 Å². The Morgan fingerprint density at radius 3 is 0.483 bits per heavy atom. The third-order valence-electron chi connectivity index (χ3n) is 24.3. The van der Waals surface area contributed by atoms with Crippen molar-refractivity contribution >= 4 is 44.1 Å². The fourth-order valence-corrected chi connectivity index (χ4v) is 17.1. The van der Waals surface area contributed by atoms with Crippen LogP contribution in [0.3, 0.4) is 0 Å². The van der Waals surface area contributed by atoms with Crippen LogP contribution in [0.1, 0.15) is 408 Å². The molecule has 0 atom stereocenters. The fourth-order valence-electron chi connectivity index (χ4n) is 17.1. The van der Waals surface area contributed by atoms with Crippen molar-refractivity contribution < 1.29 is 37.9 Å². The third kappa shape index (κ3) is 32.5. The van der Waals surface area contributed by atoms with Crippen molar-refractivity contribution in [2.75, 3.05) is 52.9 Å². The zero-order chi connectivity index (χ0) is 84.1. The zero-order valence-electron chi connectivity index (χ0n) is 76.8. The Labute approximate surface area is 725 Å². The highest BCUT2D eigenvalue weighted by Crippen LogP contribution is 2.45. The molecule has 7 aromatic rings. The largest absolute Gasteiger partial charge is 0.377 e. The van der Waals surface area contributed by atoms with Crippen LogP contribution in [0.15, 0.2) is 48.5 Å². The average molecular weight is 1650 g/mol. The van der Waals surface area contributed by atoms with Crippen LogP contribution in [0, 0.1) is 0 Å². The zero-order valence-corrected chi connectivity index (χ0v) is 76.8. The molecule has 0 radical (unpaired) electrons. The van der Waals surface area contributed by atoms with Crippen molar-refractivity contribution in [1.82, 2.24) is 39.9 Å². The van der Waals surface area contributed by atoms with Crippen LogP contribution >= 0.6 is 0 Å². The lowest BCUT2D eigenvalue weighted by Crippen LogP contribution is -2.03. The van der Waals surface area contributed by atoms with E-state index in [4.69, 9.17) is 67.8 Å². The van der Waals surface area contributed by atoms with Gasteiger partial charge in [0, 0.05) is 96.7 Å². The number of unbranched alkanes of at least 4 members (excludes halogenated alkanes) is 40. The monoisotopic (exact) mass is 1650 g/mol.